The SMILES string of the molecule is CCCn1c(N2CCCC(C)C2)c(/C=C2\SC(=S)N(CCc3ccc(OC)cc3)C2=O)c(C)c(C#N)c1=O. The second-order valence-electron chi connectivity index (χ2n) is 9.93. The summed E-state index contributed by atoms with van der Waals surface area (Å²) in [6.45, 7) is 8.71. The minimum atomic E-state index is -0.260. The second-order valence-corrected chi connectivity index (χ2v) is 11.6. The van der Waals surface area contributed by atoms with E-state index in [0.29, 0.717) is 40.2 Å². The quantitative estimate of drug-likeness (QED) is 0.333. The highest BCUT2D eigenvalue weighted by Crippen LogP contribution is 2.37. The molecular weight excluding hydrogens is 516 g/mol. The molecule has 38 heavy (non-hydrogen) atoms. The van der Waals surface area contributed by atoms with Crippen LogP contribution in [0.4, 0.5) is 5.82 Å². The third-order valence-electron chi connectivity index (χ3n) is 7.18. The second kappa shape index (κ2) is 12.2. The van der Waals surface area contributed by atoms with Gasteiger partial charge in [0.1, 0.15) is 27.5 Å². The molecule has 0 spiro atoms. The molecule has 4 rings (SSSR count). The molecule has 2 aromatic rings. The number of nitrogens with zero attached hydrogens (tertiary/aromatic N) is 4. The van der Waals surface area contributed by atoms with E-state index in [1.165, 1.54) is 11.8 Å². The van der Waals surface area contributed by atoms with E-state index in [2.05, 4.69) is 17.9 Å². The topological polar surface area (TPSA) is 78.6 Å². The van der Waals surface area contributed by atoms with Crippen LogP contribution in [0.3, 0.4) is 0 Å². The van der Waals surface area contributed by atoms with E-state index in [-0.39, 0.29) is 17.0 Å². The zero-order chi connectivity index (χ0) is 27.4. The molecule has 1 aromatic heterocycles. The Morgan fingerprint density at radius 2 is 1.97 bits per heavy atom. The first-order chi connectivity index (χ1) is 18.3. The molecule has 0 saturated carbocycles. The van der Waals surface area contributed by atoms with Gasteiger partial charge in [-0.2, -0.15) is 5.26 Å². The van der Waals surface area contributed by atoms with Crippen LogP contribution < -0.4 is 15.2 Å². The molecule has 1 atom stereocenters. The van der Waals surface area contributed by atoms with Crippen LogP contribution in [0.5, 0.6) is 5.75 Å². The fourth-order valence-electron chi connectivity index (χ4n) is 5.15. The van der Waals surface area contributed by atoms with Crippen LogP contribution in [0.25, 0.3) is 6.08 Å². The molecule has 1 unspecified atom stereocenters. The van der Waals surface area contributed by atoms with Crippen molar-refractivity contribution in [2.45, 2.75) is 53.0 Å². The molecule has 2 aliphatic heterocycles. The maximum atomic E-state index is 13.5. The number of carbonyl (C=O) groups excluding carboxylic acids is 1. The number of piperidine rings is 1. The number of thioether (sulfide) groups is 1. The molecule has 3 heterocycles. The molecule has 2 saturated heterocycles. The van der Waals surface area contributed by atoms with Crippen LogP contribution in [0.15, 0.2) is 34.0 Å². The van der Waals surface area contributed by atoms with Crippen LogP contribution >= 0.6 is 24.0 Å². The van der Waals surface area contributed by atoms with Crippen molar-refractivity contribution in [1.82, 2.24) is 9.47 Å². The zero-order valence-electron chi connectivity index (χ0n) is 22.5. The summed E-state index contributed by atoms with van der Waals surface area (Å²) in [4.78, 5) is 31.3. The van der Waals surface area contributed by atoms with E-state index in [4.69, 9.17) is 17.0 Å². The Morgan fingerprint density at radius 3 is 2.61 bits per heavy atom. The summed E-state index contributed by atoms with van der Waals surface area (Å²) in [6, 6.07) is 9.91. The van der Waals surface area contributed by atoms with Gasteiger partial charge in [-0.1, -0.05) is 50.0 Å². The van der Waals surface area contributed by atoms with Crippen molar-refractivity contribution < 1.29 is 9.53 Å². The average molecular weight is 551 g/mol. The van der Waals surface area contributed by atoms with Gasteiger partial charge < -0.3 is 9.64 Å². The van der Waals surface area contributed by atoms with Crippen molar-refractivity contribution in [3.05, 3.63) is 61.8 Å². The number of thiocarbonyl (C=S) groups is 1. The Hall–Kier alpha value is -3.09. The molecule has 7 nitrogen and oxygen atoms in total. The van der Waals surface area contributed by atoms with Crippen LogP contribution in [0.1, 0.15) is 55.4 Å². The number of pyridine rings is 1. The van der Waals surface area contributed by atoms with Crippen LogP contribution in [-0.4, -0.2) is 46.4 Å². The molecule has 2 fully saturated rings. The predicted octanol–water partition coefficient (Wildman–Crippen LogP) is 5.13. The molecule has 200 valence electrons. The monoisotopic (exact) mass is 550 g/mol. The van der Waals surface area contributed by atoms with Gasteiger partial charge in [0.25, 0.3) is 11.5 Å². The molecule has 1 aromatic carbocycles. The van der Waals surface area contributed by atoms with E-state index in [1.807, 2.05) is 44.2 Å². The van der Waals surface area contributed by atoms with E-state index < -0.39 is 0 Å². The number of ether oxygens (including phenoxy) is 1. The van der Waals surface area contributed by atoms with Crippen molar-refractivity contribution in [2.24, 2.45) is 5.92 Å². The van der Waals surface area contributed by atoms with Gasteiger partial charge in [0.2, 0.25) is 0 Å². The fraction of sp³-hybridized carbons (Fsp3) is 0.448. The number of hydrogen-bond acceptors (Lipinski definition) is 7. The number of aromatic nitrogens is 1. The normalized spacial score (nSPS) is 18.8. The fourth-order valence-corrected chi connectivity index (χ4v) is 6.44. The summed E-state index contributed by atoms with van der Waals surface area (Å²) in [6.07, 6.45) is 5.46. The number of amides is 1. The van der Waals surface area contributed by atoms with Gasteiger partial charge in [-0.25, -0.2) is 0 Å². The number of nitriles is 1. The molecule has 0 aliphatic carbocycles. The first-order valence-corrected chi connectivity index (χ1v) is 14.3. The molecule has 0 N–H and O–H groups in total. The molecule has 2 aliphatic rings. The van der Waals surface area contributed by atoms with Gasteiger partial charge in [-0.15, -0.1) is 0 Å². The predicted molar refractivity (Wildman–Crippen MR) is 158 cm³/mol. The van der Waals surface area contributed by atoms with Gasteiger partial charge in [-0.05, 0) is 67.9 Å². The highest BCUT2D eigenvalue weighted by Gasteiger charge is 2.33. The number of anilines is 1. The van der Waals surface area contributed by atoms with E-state index in [0.717, 1.165) is 55.0 Å². The molecular formula is C29H34N4O3S2. The third kappa shape index (κ3) is 5.67. The van der Waals surface area contributed by atoms with Gasteiger partial charge in [0.05, 0.1) is 12.0 Å². The van der Waals surface area contributed by atoms with Gasteiger partial charge in [-0.3, -0.25) is 19.1 Å². The third-order valence-corrected chi connectivity index (χ3v) is 8.56. The standard InChI is InChI=1S/C29H34N4O3S2/c1-5-13-32-26(31-14-6-7-19(2)18-31)23(20(3)24(17-30)27(32)34)16-25-28(35)33(29(37)38-25)15-12-21-8-10-22(36-4)11-9-21/h8-11,16,19H,5-7,12-15,18H2,1-4H3/b25-16-. The molecule has 0 bridgehead atoms. The van der Waals surface area contributed by atoms with E-state index in [1.54, 1.807) is 16.6 Å². The highest BCUT2D eigenvalue weighted by atomic mass is 32.2. The summed E-state index contributed by atoms with van der Waals surface area (Å²) >= 11 is 6.88. The minimum absolute atomic E-state index is 0.133. The van der Waals surface area contributed by atoms with E-state index >= 15 is 0 Å². The number of benzene rings is 1. The van der Waals surface area contributed by atoms with Crippen molar-refractivity contribution in [1.29, 1.82) is 5.26 Å². The number of methoxy groups -OCH3 is 1. The zero-order valence-corrected chi connectivity index (χ0v) is 24.1. The van der Waals surface area contributed by atoms with Crippen molar-refractivity contribution in [2.75, 3.05) is 31.6 Å². The van der Waals surface area contributed by atoms with Crippen LogP contribution in [0, 0.1) is 24.2 Å². The van der Waals surface area contributed by atoms with Gasteiger partial charge in [0, 0.05) is 31.7 Å². The summed E-state index contributed by atoms with van der Waals surface area (Å²) in [5.74, 6) is 1.95. The lowest BCUT2D eigenvalue weighted by molar-refractivity contribution is -0.122. The summed E-state index contributed by atoms with van der Waals surface area (Å²) in [5.41, 5.74) is 2.34. The Kier molecular flexibility index (Phi) is 8.95. The Balaban J connectivity index is 1.72. The van der Waals surface area contributed by atoms with Crippen molar-refractivity contribution in [3.63, 3.8) is 0 Å². The van der Waals surface area contributed by atoms with E-state index in [9.17, 15) is 14.9 Å². The number of carbonyl (C=O) groups is 1. The van der Waals surface area contributed by atoms with Gasteiger partial charge >= 0.3 is 0 Å². The smallest absolute Gasteiger partial charge is 0.270 e. The molecule has 9 heteroatoms. The molecule has 1 amide bonds. The van der Waals surface area contributed by atoms with Crippen molar-refractivity contribution >= 4 is 46.1 Å². The summed E-state index contributed by atoms with van der Waals surface area (Å²) in [5, 5.41) is 9.86. The van der Waals surface area contributed by atoms with Gasteiger partial charge in [0.15, 0.2) is 0 Å². The van der Waals surface area contributed by atoms with Crippen LogP contribution in [-0.2, 0) is 17.8 Å². The van der Waals surface area contributed by atoms with Crippen molar-refractivity contribution in [3.8, 4) is 11.8 Å². The largest absolute Gasteiger partial charge is 0.497 e. The first kappa shape index (κ1) is 27.9. The Morgan fingerprint density at radius 1 is 1.24 bits per heavy atom. The molecule has 0 radical (unpaired) electrons. The minimum Gasteiger partial charge on any atom is -0.497 e. The highest BCUT2D eigenvalue weighted by molar-refractivity contribution is 8.26. The summed E-state index contributed by atoms with van der Waals surface area (Å²) in [7, 11) is 1.63. The lowest BCUT2D eigenvalue weighted by Crippen LogP contribution is -2.40. The summed E-state index contributed by atoms with van der Waals surface area (Å²) < 4.78 is 7.48. The lowest BCUT2D eigenvalue weighted by Gasteiger charge is -2.36. The lowest BCUT2D eigenvalue weighted by atomic mass is 9.98. The Labute approximate surface area is 234 Å². The number of rotatable bonds is 8. The number of hydrogen-bond donors (Lipinski definition) is 0. The maximum Gasteiger partial charge on any atom is 0.270 e. The average Bonchev–Trinajstić information content (AvgIpc) is 3.18. The Bertz CT molecular complexity index is 1360. The first-order valence-electron chi connectivity index (χ1n) is 13.1. The maximum absolute atomic E-state index is 13.5. The van der Waals surface area contributed by atoms with Crippen LogP contribution in [0.2, 0.25) is 0 Å².